The third kappa shape index (κ3) is 2.78. The highest BCUT2D eigenvalue weighted by Gasteiger charge is 2.68. The largest absolute Gasteiger partial charge is 0.394 e. The lowest BCUT2D eigenvalue weighted by Gasteiger charge is -2.70. The summed E-state index contributed by atoms with van der Waals surface area (Å²) < 4.78 is 5.04. The van der Waals surface area contributed by atoms with Gasteiger partial charge in [0.2, 0.25) is 5.91 Å². The second-order valence-corrected chi connectivity index (χ2v) is 7.34. The van der Waals surface area contributed by atoms with E-state index >= 15 is 0 Å². The average molecular weight is 381 g/mol. The second-order valence-electron chi connectivity index (χ2n) is 7.34. The molecule has 4 rings (SSSR count). The fourth-order valence-electron chi connectivity index (χ4n) is 4.69. The van der Waals surface area contributed by atoms with Crippen LogP contribution >= 0.6 is 0 Å². The molecule has 7 nitrogen and oxygen atoms in total. The Hall–Kier alpha value is -2.77. The molecule has 1 N–H and O–H groups in total. The lowest BCUT2D eigenvalue weighted by Crippen LogP contribution is -2.86. The van der Waals surface area contributed by atoms with Gasteiger partial charge in [0, 0.05) is 38.5 Å². The quantitative estimate of drug-likeness (QED) is 0.832. The summed E-state index contributed by atoms with van der Waals surface area (Å²) in [4.78, 5) is 32.9. The van der Waals surface area contributed by atoms with E-state index in [0.29, 0.717) is 18.7 Å². The molecule has 1 spiro atoms. The number of carbonyl (C=O) groups excluding carboxylic acids is 2. The zero-order chi connectivity index (χ0) is 19.7. The van der Waals surface area contributed by atoms with Crippen LogP contribution in [0.15, 0.2) is 54.9 Å². The molecule has 7 heteroatoms. The standard InChI is InChI=1S/C21H23N3O4/c1-28-12-18(26)24-17(11-25)19(15-6-3-2-4-7-15)21(24)13-23(14-21)20(27)16-8-5-9-22-10-16/h2-10,17,19,25H,11-14H2,1H3/t17-,19-/m0/s1. The Morgan fingerprint density at radius 2 is 1.96 bits per heavy atom. The van der Waals surface area contributed by atoms with E-state index in [9.17, 15) is 14.7 Å². The summed E-state index contributed by atoms with van der Waals surface area (Å²) in [5, 5.41) is 9.99. The Balaban J connectivity index is 1.62. The van der Waals surface area contributed by atoms with Gasteiger partial charge < -0.3 is 19.6 Å². The van der Waals surface area contributed by atoms with Gasteiger partial charge in [-0.05, 0) is 17.7 Å². The Bertz CT molecular complexity index is 852. The van der Waals surface area contributed by atoms with Crippen molar-refractivity contribution >= 4 is 11.8 Å². The maximum atomic E-state index is 12.8. The molecule has 2 aliphatic heterocycles. The van der Waals surface area contributed by atoms with Crippen LogP contribution < -0.4 is 0 Å². The molecule has 1 aromatic heterocycles. The van der Waals surface area contributed by atoms with Crippen molar-refractivity contribution in [1.29, 1.82) is 0 Å². The molecule has 2 amide bonds. The fourth-order valence-corrected chi connectivity index (χ4v) is 4.69. The summed E-state index contributed by atoms with van der Waals surface area (Å²) in [5.41, 5.74) is 1.08. The maximum Gasteiger partial charge on any atom is 0.255 e. The molecule has 2 atom stereocenters. The van der Waals surface area contributed by atoms with Crippen LogP contribution in [0.4, 0.5) is 0 Å². The van der Waals surface area contributed by atoms with Crippen molar-refractivity contribution in [1.82, 2.24) is 14.8 Å². The van der Waals surface area contributed by atoms with Gasteiger partial charge in [-0.2, -0.15) is 0 Å². The number of ether oxygens (including phenoxy) is 1. The smallest absolute Gasteiger partial charge is 0.255 e. The highest BCUT2D eigenvalue weighted by atomic mass is 16.5. The molecule has 0 unspecified atom stereocenters. The molecule has 146 valence electrons. The van der Waals surface area contributed by atoms with Crippen molar-refractivity contribution in [3.63, 3.8) is 0 Å². The zero-order valence-electron chi connectivity index (χ0n) is 15.7. The molecule has 0 aliphatic carbocycles. The van der Waals surface area contributed by atoms with E-state index in [0.717, 1.165) is 5.56 Å². The van der Waals surface area contributed by atoms with Gasteiger partial charge in [-0.1, -0.05) is 30.3 Å². The van der Waals surface area contributed by atoms with Crippen LogP contribution in [-0.4, -0.2) is 76.7 Å². The van der Waals surface area contributed by atoms with E-state index in [1.54, 1.807) is 34.3 Å². The molecular formula is C21H23N3O4. The van der Waals surface area contributed by atoms with Gasteiger partial charge in [-0.25, -0.2) is 0 Å². The van der Waals surface area contributed by atoms with Gasteiger partial charge in [0.25, 0.3) is 5.91 Å². The van der Waals surface area contributed by atoms with Crippen LogP contribution in [0, 0.1) is 0 Å². The van der Waals surface area contributed by atoms with Crippen LogP contribution in [-0.2, 0) is 9.53 Å². The lowest BCUT2D eigenvalue weighted by atomic mass is 9.60. The van der Waals surface area contributed by atoms with E-state index in [1.165, 1.54) is 7.11 Å². The SMILES string of the molecule is COCC(=O)N1[C@@H](CO)[C@H](c2ccccc2)C12CN(C(=O)c1cccnc1)C2. The molecule has 2 aromatic rings. The number of aliphatic hydroxyl groups is 1. The molecule has 2 aliphatic rings. The number of benzene rings is 1. The van der Waals surface area contributed by atoms with Gasteiger partial charge in [0.1, 0.15) is 6.61 Å². The summed E-state index contributed by atoms with van der Waals surface area (Å²) in [6.07, 6.45) is 3.18. The van der Waals surface area contributed by atoms with Crippen LogP contribution in [0.5, 0.6) is 0 Å². The van der Waals surface area contributed by atoms with E-state index in [4.69, 9.17) is 4.74 Å². The Kier molecular flexibility index (Phi) is 4.87. The molecule has 28 heavy (non-hydrogen) atoms. The van der Waals surface area contributed by atoms with Crippen molar-refractivity contribution in [2.24, 2.45) is 0 Å². The number of aliphatic hydroxyl groups excluding tert-OH is 1. The number of amides is 2. The summed E-state index contributed by atoms with van der Waals surface area (Å²) in [6.45, 7) is 0.669. The number of carbonyl (C=O) groups is 2. The average Bonchev–Trinajstić information content (AvgIpc) is 2.68. The molecule has 2 saturated heterocycles. The minimum atomic E-state index is -0.512. The first-order valence-corrected chi connectivity index (χ1v) is 9.28. The highest BCUT2D eigenvalue weighted by Crippen LogP contribution is 2.54. The number of nitrogens with zero attached hydrogens (tertiary/aromatic N) is 3. The molecule has 1 aromatic carbocycles. The Labute approximate surface area is 163 Å². The number of hydrogen-bond donors (Lipinski definition) is 1. The second kappa shape index (κ2) is 7.33. The van der Waals surface area contributed by atoms with Gasteiger partial charge in [-0.15, -0.1) is 0 Å². The van der Waals surface area contributed by atoms with E-state index in [-0.39, 0.29) is 37.0 Å². The molecule has 2 fully saturated rings. The predicted octanol–water partition coefficient (Wildman–Crippen LogP) is 0.909. The summed E-state index contributed by atoms with van der Waals surface area (Å²) in [6, 6.07) is 13.0. The Morgan fingerprint density at radius 3 is 2.57 bits per heavy atom. The minimum Gasteiger partial charge on any atom is -0.394 e. The van der Waals surface area contributed by atoms with E-state index < -0.39 is 5.54 Å². The summed E-state index contributed by atoms with van der Waals surface area (Å²) >= 11 is 0. The maximum absolute atomic E-state index is 12.8. The van der Waals surface area contributed by atoms with Crippen LogP contribution in [0.25, 0.3) is 0 Å². The monoisotopic (exact) mass is 381 g/mol. The van der Waals surface area contributed by atoms with Crippen LogP contribution in [0.2, 0.25) is 0 Å². The van der Waals surface area contributed by atoms with E-state index in [1.807, 2.05) is 30.3 Å². The minimum absolute atomic E-state index is 0.0301. The molecule has 0 saturated carbocycles. The topological polar surface area (TPSA) is 83.0 Å². The number of aromatic nitrogens is 1. The third-order valence-electron chi connectivity index (χ3n) is 5.78. The van der Waals surface area contributed by atoms with Crippen LogP contribution in [0.3, 0.4) is 0 Å². The van der Waals surface area contributed by atoms with Crippen molar-refractivity contribution in [2.75, 3.05) is 33.4 Å². The van der Waals surface area contributed by atoms with Crippen molar-refractivity contribution in [3.8, 4) is 0 Å². The summed E-state index contributed by atoms with van der Waals surface area (Å²) in [7, 11) is 1.48. The van der Waals surface area contributed by atoms with Gasteiger partial charge in [0.15, 0.2) is 0 Å². The van der Waals surface area contributed by atoms with Gasteiger partial charge in [0.05, 0.1) is 23.8 Å². The number of rotatable bonds is 5. The first-order valence-electron chi connectivity index (χ1n) is 9.28. The zero-order valence-corrected chi connectivity index (χ0v) is 15.7. The normalized spacial score (nSPS) is 22.5. The molecule has 3 heterocycles. The third-order valence-corrected chi connectivity index (χ3v) is 5.78. The predicted molar refractivity (Wildman–Crippen MR) is 102 cm³/mol. The summed E-state index contributed by atoms with van der Waals surface area (Å²) in [5.74, 6) is -0.295. The number of hydrogen-bond acceptors (Lipinski definition) is 5. The molecular weight excluding hydrogens is 358 g/mol. The van der Waals surface area contributed by atoms with Gasteiger partial charge >= 0.3 is 0 Å². The van der Waals surface area contributed by atoms with Crippen molar-refractivity contribution < 1.29 is 19.4 Å². The fraction of sp³-hybridized carbons (Fsp3) is 0.381. The number of pyridine rings is 1. The van der Waals surface area contributed by atoms with E-state index in [2.05, 4.69) is 4.98 Å². The first-order chi connectivity index (χ1) is 13.6. The Morgan fingerprint density at radius 1 is 1.21 bits per heavy atom. The molecule has 0 radical (unpaired) electrons. The van der Waals surface area contributed by atoms with Crippen molar-refractivity contribution in [2.45, 2.75) is 17.5 Å². The van der Waals surface area contributed by atoms with Crippen molar-refractivity contribution in [3.05, 3.63) is 66.0 Å². The highest BCUT2D eigenvalue weighted by molar-refractivity contribution is 5.95. The van der Waals surface area contributed by atoms with Crippen LogP contribution in [0.1, 0.15) is 21.8 Å². The first kappa shape index (κ1) is 18.6. The van der Waals surface area contributed by atoms with Gasteiger partial charge in [-0.3, -0.25) is 14.6 Å². The lowest BCUT2D eigenvalue weighted by molar-refractivity contribution is -0.196. The number of likely N-dealkylation sites (tertiary alicyclic amines) is 2. The number of methoxy groups -OCH3 is 1. The molecule has 0 bridgehead atoms.